The molecular formula is C10H16N6O3. The normalized spacial score (nSPS) is 9.84. The van der Waals surface area contributed by atoms with Crippen LogP contribution in [0.25, 0.3) is 0 Å². The van der Waals surface area contributed by atoms with Gasteiger partial charge in [0.25, 0.3) is 5.69 Å². The largest absolute Gasteiger partial charge is 0.355 e. The minimum absolute atomic E-state index is 0.0476. The minimum atomic E-state index is -0.550. The summed E-state index contributed by atoms with van der Waals surface area (Å²) in [5.74, 6) is 5.45. The van der Waals surface area contributed by atoms with E-state index in [1.165, 1.54) is 17.0 Å². The summed E-state index contributed by atoms with van der Waals surface area (Å²) in [5.41, 5.74) is 2.10. The van der Waals surface area contributed by atoms with Crippen LogP contribution in [0.1, 0.15) is 6.92 Å². The third-order valence-electron chi connectivity index (χ3n) is 2.30. The Morgan fingerprint density at radius 3 is 2.79 bits per heavy atom. The molecule has 0 fully saturated rings. The van der Waals surface area contributed by atoms with Crippen LogP contribution in [-0.2, 0) is 4.79 Å². The number of nitrogens with one attached hydrogen (secondary N) is 2. The van der Waals surface area contributed by atoms with Gasteiger partial charge in [-0.1, -0.05) is 0 Å². The molecule has 9 heteroatoms. The van der Waals surface area contributed by atoms with Gasteiger partial charge in [-0.3, -0.25) is 14.9 Å². The fourth-order valence-electron chi connectivity index (χ4n) is 1.43. The Balaban J connectivity index is 2.95. The van der Waals surface area contributed by atoms with Crippen LogP contribution in [0.3, 0.4) is 0 Å². The van der Waals surface area contributed by atoms with Gasteiger partial charge in [0.15, 0.2) is 0 Å². The van der Waals surface area contributed by atoms with Crippen LogP contribution < -0.4 is 21.5 Å². The number of nitrogens with two attached hydrogens (primary N) is 1. The molecule has 9 nitrogen and oxygen atoms in total. The molecule has 0 aliphatic heterocycles. The zero-order valence-corrected chi connectivity index (χ0v) is 10.7. The highest BCUT2D eigenvalue weighted by atomic mass is 16.6. The molecule has 0 spiro atoms. The van der Waals surface area contributed by atoms with E-state index in [1.807, 2.05) is 0 Å². The molecule has 0 aliphatic carbocycles. The maximum atomic E-state index is 11.4. The van der Waals surface area contributed by atoms with E-state index in [4.69, 9.17) is 5.84 Å². The molecule has 4 N–H and O–H groups in total. The summed E-state index contributed by atoms with van der Waals surface area (Å²) in [5, 5.41) is 13.4. The van der Waals surface area contributed by atoms with Crippen LogP contribution >= 0.6 is 0 Å². The quantitative estimate of drug-likeness (QED) is 0.372. The number of aromatic nitrogens is 1. The maximum Gasteiger partial charge on any atom is 0.276 e. The van der Waals surface area contributed by atoms with E-state index in [0.29, 0.717) is 6.54 Å². The minimum Gasteiger partial charge on any atom is -0.355 e. The second kappa shape index (κ2) is 6.50. The van der Waals surface area contributed by atoms with Crippen molar-refractivity contribution in [3.8, 4) is 0 Å². The summed E-state index contributed by atoms with van der Waals surface area (Å²) in [7, 11) is 1.61. The Kier molecular flexibility index (Phi) is 5.01. The summed E-state index contributed by atoms with van der Waals surface area (Å²) in [6.07, 6.45) is 0. The monoisotopic (exact) mass is 268 g/mol. The molecule has 1 aromatic heterocycles. The molecule has 1 heterocycles. The van der Waals surface area contributed by atoms with Crippen LogP contribution in [0.4, 0.5) is 17.3 Å². The van der Waals surface area contributed by atoms with Crippen molar-refractivity contribution in [1.82, 2.24) is 10.3 Å². The van der Waals surface area contributed by atoms with Gasteiger partial charge in [-0.25, -0.2) is 10.8 Å². The first-order valence-electron chi connectivity index (χ1n) is 5.58. The number of carbonyl (C=O) groups excluding carboxylic acids is 1. The molecule has 0 aromatic carbocycles. The summed E-state index contributed by atoms with van der Waals surface area (Å²) in [6.45, 7) is 2.37. The number of hydrogen-bond donors (Lipinski definition) is 3. The van der Waals surface area contributed by atoms with Crippen LogP contribution in [0.2, 0.25) is 0 Å². The van der Waals surface area contributed by atoms with Crippen LogP contribution in [0, 0.1) is 10.1 Å². The van der Waals surface area contributed by atoms with E-state index < -0.39 is 4.92 Å². The van der Waals surface area contributed by atoms with Gasteiger partial charge in [-0.15, -0.1) is 0 Å². The molecule has 0 aliphatic rings. The van der Waals surface area contributed by atoms with Crippen molar-refractivity contribution in [3.63, 3.8) is 0 Å². The Hall–Kier alpha value is -2.42. The Morgan fingerprint density at radius 2 is 2.26 bits per heavy atom. The standard InChI is InChI=1S/C10H16N6O3/c1-3-12-10(17)6-15(2)9-5-7(16(18)19)4-8(13-9)14-11/h4-5H,3,6,11H2,1-2H3,(H,12,17)(H,13,14). The lowest BCUT2D eigenvalue weighted by atomic mass is 10.3. The zero-order chi connectivity index (χ0) is 14.4. The summed E-state index contributed by atoms with van der Waals surface area (Å²) in [6, 6.07) is 2.49. The number of hydrogen-bond acceptors (Lipinski definition) is 7. The third kappa shape index (κ3) is 4.07. The number of hydrazine groups is 1. The highest BCUT2D eigenvalue weighted by Gasteiger charge is 2.15. The lowest BCUT2D eigenvalue weighted by Gasteiger charge is -2.17. The van der Waals surface area contributed by atoms with Crippen LogP contribution in [0.5, 0.6) is 0 Å². The fourth-order valence-corrected chi connectivity index (χ4v) is 1.43. The predicted octanol–water partition coefficient (Wildman–Crippen LogP) is -0.152. The molecule has 0 bridgehead atoms. The topological polar surface area (TPSA) is 126 Å². The number of nitro groups is 1. The maximum absolute atomic E-state index is 11.4. The number of carbonyl (C=O) groups is 1. The van der Waals surface area contributed by atoms with E-state index in [-0.39, 0.29) is 29.8 Å². The first-order valence-corrected chi connectivity index (χ1v) is 5.58. The lowest BCUT2D eigenvalue weighted by molar-refractivity contribution is -0.384. The van der Waals surface area contributed by atoms with Crippen molar-refractivity contribution in [2.24, 2.45) is 5.84 Å². The van der Waals surface area contributed by atoms with E-state index in [1.54, 1.807) is 14.0 Å². The molecular weight excluding hydrogens is 252 g/mol. The third-order valence-corrected chi connectivity index (χ3v) is 2.30. The van der Waals surface area contributed by atoms with Crippen molar-refractivity contribution in [1.29, 1.82) is 0 Å². The zero-order valence-electron chi connectivity index (χ0n) is 10.7. The van der Waals surface area contributed by atoms with E-state index in [0.717, 1.165) is 0 Å². The van der Waals surface area contributed by atoms with Gasteiger partial charge in [0.1, 0.15) is 11.6 Å². The SMILES string of the molecule is CCNC(=O)CN(C)c1cc([N+](=O)[O-])cc(NN)n1. The van der Waals surface area contributed by atoms with E-state index in [2.05, 4.69) is 15.7 Å². The highest BCUT2D eigenvalue weighted by molar-refractivity contribution is 5.81. The smallest absolute Gasteiger partial charge is 0.276 e. The second-order valence-electron chi connectivity index (χ2n) is 3.78. The van der Waals surface area contributed by atoms with Gasteiger partial charge in [0.2, 0.25) is 5.91 Å². The number of pyridine rings is 1. The van der Waals surface area contributed by atoms with Crippen molar-refractivity contribution < 1.29 is 9.72 Å². The molecule has 0 radical (unpaired) electrons. The van der Waals surface area contributed by atoms with Gasteiger partial charge < -0.3 is 15.6 Å². The lowest BCUT2D eigenvalue weighted by Crippen LogP contribution is -2.35. The number of amides is 1. The van der Waals surface area contributed by atoms with Gasteiger partial charge >= 0.3 is 0 Å². The van der Waals surface area contributed by atoms with Gasteiger partial charge in [-0.2, -0.15) is 0 Å². The Morgan fingerprint density at radius 1 is 1.58 bits per heavy atom. The molecule has 0 saturated carbocycles. The average molecular weight is 268 g/mol. The van der Waals surface area contributed by atoms with Crippen LogP contribution in [-0.4, -0.2) is 36.0 Å². The van der Waals surface area contributed by atoms with E-state index in [9.17, 15) is 14.9 Å². The van der Waals surface area contributed by atoms with Gasteiger partial charge in [0.05, 0.1) is 23.6 Å². The molecule has 19 heavy (non-hydrogen) atoms. The van der Waals surface area contributed by atoms with Crippen molar-refractivity contribution in [2.45, 2.75) is 6.92 Å². The van der Waals surface area contributed by atoms with E-state index >= 15 is 0 Å². The molecule has 1 rings (SSSR count). The summed E-state index contributed by atoms with van der Waals surface area (Å²) in [4.78, 5) is 27.2. The number of anilines is 2. The molecule has 0 atom stereocenters. The van der Waals surface area contributed by atoms with Crippen molar-refractivity contribution >= 4 is 23.2 Å². The molecule has 1 aromatic rings. The second-order valence-corrected chi connectivity index (χ2v) is 3.78. The number of nitrogen functional groups attached to an aromatic ring is 1. The Labute approximate surface area is 109 Å². The number of rotatable bonds is 6. The average Bonchev–Trinajstić information content (AvgIpc) is 2.38. The molecule has 1 amide bonds. The summed E-state index contributed by atoms with van der Waals surface area (Å²) >= 11 is 0. The first kappa shape index (κ1) is 14.6. The predicted molar refractivity (Wildman–Crippen MR) is 70.7 cm³/mol. The highest BCUT2D eigenvalue weighted by Crippen LogP contribution is 2.21. The molecule has 0 saturated heterocycles. The van der Waals surface area contributed by atoms with Crippen molar-refractivity contribution in [2.75, 3.05) is 30.5 Å². The van der Waals surface area contributed by atoms with Gasteiger partial charge in [0, 0.05) is 13.6 Å². The molecule has 0 unspecified atom stereocenters. The van der Waals surface area contributed by atoms with Gasteiger partial charge in [-0.05, 0) is 6.92 Å². The Bertz CT molecular complexity index is 478. The molecule has 104 valence electrons. The fraction of sp³-hybridized carbons (Fsp3) is 0.400. The first-order chi connectivity index (χ1) is 8.97. The number of nitrogens with zero attached hydrogens (tertiary/aromatic N) is 3. The van der Waals surface area contributed by atoms with Crippen molar-refractivity contribution in [3.05, 3.63) is 22.2 Å². The number of likely N-dealkylation sites (N-methyl/N-ethyl adjacent to an activating group) is 2. The van der Waals surface area contributed by atoms with Crippen LogP contribution in [0.15, 0.2) is 12.1 Å². The summed E-state index contributed by atoms with van der Waals surface area (Å²) < 4.78 is 0.